The molecule has 0 aromatic heterocycles. The number of benzene rings is 1. The first-order valence-corrected chi connectivity index (χ1v) is 7.36. The SMILES string of the molecule is CCCCOC(C)C(=O)c1ccc(N2C(=O)C=CC2=O)cc1. The van der Waals surface area contributed by atoms with E-state index < -0.39 is 6.10 Å². The van der Waals surface area contributed by atoms with Gasteiger partial charge in [-0.1, -0.05) is 13.3 Å². The topological polar surface area (TPSA) is 63.7 Å². The molecule has 1 aromatic rings. The first-order valence-electron chi connectivity index (χ1n) is 7.36. The molecule has 116 valence electrons. The lowest BCUT2D eigenvalue weighted by molar-refractivity contribution is -0.119. The van der Waals surface area contributed by atoms with E-state index in [1.165, 1.54) is 12.2 Å². The lowest BCUT2D eigenvalue weighted by atomic mass is 10.1. The fourth-order valence-electron chi connectivity index (χ4n) is 2.14. The number of hydrogen-bond acceptors (Lipinski definition) is 4. The van der Waals surface area contributed by atoms with E-state index in [4.69, 9.17) is 4.74 Å². The van der Waals surface area contributed by atoms with Gasteiger partial charge in [-0.3, -0.25) is 14.4 Å². The molecular formula is C17H19NO4. The van der Waals surface area contributed by atoms with Crippen LogP contribution in [0.5, 0.6) is 0 Å². The second-order valence-corrected chi connectivity index (χ2v) is 5.12. The number of carbonyl (C=O) groups is 3. The maximum absolute atomic E-state index is 12.2. The van der Waals surface area contributed by atoms with Gasteiger partial charge in [0.1, 0.15) is 6.10 Å². The summed E-state index contributed by atoms with van der Waals surface area (Å²) in [5.41, 5.74) is 0.955. The van der Waals surface area contributed by atoms with Gasteiger partial charge in [-0.05, 0) is 37.6 Å². The number of anilines is 1. The molecule has 0 saturated carbocycles. The van der Waals surface area contributed by atoms with Gasteiger partial charge in [-0.15, -0.1) is 0 Å². The van der Waals surface area contributed by atoms with Gasteiger partial charge in [0.15, 0.2) is 5.78 Å². The molecule has 1 heterocycles. The predicted octanol–water partition coefficient (Wildman–Crippen LogP) is 2.50. The Labute approximate surface area is 129 Å². The van der Waals surface area contributed by atoms with Crippen molar-refractivity contribution in [2.45, 2.75) is 32.8 Å². The Hall–Kier alpha value is -2.27. The number of imide groups is 1. The van der Waals surface area contributed by atoms with E-state index >= 15 is 0 Å². The van der Waals surface area contributed by atoms with Gasteiger partial charge in [-0.25, -0.2) is 4.90 Å². The molecule has 0 spiro atoms. The summed E-state index contributed by atoms with van der Waals surface area (Å²) in [6.07, 6.45) is 3.88. The summed E-state index contributed by atoms with van der Waals surface area (Å²) >= 11 is 0. The first kappa shape index (κ1) is 16.1. The fourth-order valence-corrected chi connectivity index (χ4v) is 2.14. The standard InChI is InChI=1S/C17H19NO4/c1-3-4-11-22-12(2)17(21)13-5-7-14(8-6-13)18-15(19)9-10-16(18)20/h5-10,12H,3-4,11H2,1-2H3. The molecule has 0 radical (unpaired) electrons. The maximum atomic E-state index is 12.2. The lowest BCUT2D eigenvalue weighted by Crippen LogP contribution is -2.29. The number of amides is 2. The largest absolute Gasteiger partial charge is 0.370 e. The minimum Gasteiger partial charge on any atom is -0.370 e. The summed E-state index contributed by atoms with van der Waals surface area (Å²) in [7, 11) is 0. The van der Waals surface area contributed by atoms with E-state index in [0.717, 1.165) is 17.7 Å². The molecule has 5 heteroatoms. The number of ketones is 1. The average Bonchev–Trinajstić information content (AvgIpc) is 2.86. The van der Waals surface area contributed by atoms with Crippen molar-refractivity contribution < 1.29 is 19.1 Å². The van der Waals surface area contributed by atoms with Crippen molar-refractivity contribution in [1.82, 2.24) is 0 Å². The Morgan fingerprint density at radius 3 is 2.27 bits per heavy atom. The van der Waals surface area contributed by atoms with Crippen molar-refractivity contribution in [3.63, 3.8) is 0 Å². The van der Waals surface area contributed by atoms with Crippen LogP contribution in [-0.4, -0.2) is 30.3 Å². The molecule has 1 aliphatic heterocycles. The zero-order valence-electron chi connectivity index (χ0n) is 12.7. The van der Waals surface area contributed by atoms with Crippen LogP contribution in [0.4, 0.5) is 5.69 Å². The zero-order valence-corrected chi connectivity index (χ0v) is 12.7. The maximum Gasteiger partial charge on any atom is 0.258 e. The lowest BCUT2D eigenvalue weighted by Gasteiger charge is -2.15. The average molecular weight is 301 g/mol. The van der Waals surface area contributed by atoms with Crippen LogP contribution in [0.25, 0.3) is 0 Å². The minimum absolute atomic E-state index is 0.111. The summed E-state index contributed by atoms with van der Waals surface area (Å²) in [6, 6.07) is 6.40. The van der Waals surface area contributed by atoms with Gasteiger partial charge in [0, 0.05) is 24.3 Å². The van der Waals surface area contributed by atoms with Crippen LogP contribution in [0.15, 0.2) is 36.4 Å². The van der Waals surface area contributed by atoms with Crippen molar-refractivity contribution in [2.75, 3.05) is 11.5 Å². The van der Waals surface area contributed by atoms with Crippen LogP contribution >= 0.6 is 0 Å². The molecule has 0 N–H and O–H groups in total. The normalized spacial score (nSPS) is 15.5. The highest BCUT2D eigenvalue weighted by atomic mass is 16.5. The monoisotopic (exact) mass is 301 g/mol. The van der Waals surface area contributed by atoms with Gasteiger partial charge in [0.05, 0.1) is 5.69 Å². The highest BCUT2D eigenvalue weighted by Gasteiger charge is 2.25. The zero-order chi connectivity index (χ0) is 16.1. The van der Waals surface area contributed by atoms with Crippen LogP contribution < -0.4 is 4.90 Å². The van der Waals surface area contributed by atoms with E-state index in [1.54, 1.807) is 31.2 Å². The van der Waals surface area contributed by atoms with Gasteiger partial charge < -0.3 is 4.74 Å². The van der Waals surface area contributed by atoms with Gasteiger partial charge >= 0.3 is 0 Å². The van der Waals surface area contributed by atoms with Crippen molar-refractivity contribution in [1.29, 1.82) is 0 Å². The number of hydrogen-bond donors (Lipinski definition) is 0. The van der Waals surface area contributed by atoms with E-state index in [-0.39, 0.29) is 17.6 Å². The van der Waals surface area contributed by atoms with E-state index in [2.05, 4.69) is 6.92 Å². The van der Waals surface area contributed by atoms with Crippen molar-refractivity contribution in [3.8, 4) is 0 Å². The molecule has 0 bridgehead atoms. The van der Waals surface area contributed by atoms with E-state index in [9.17, 15) is 14.4 Å². The van der Waals surface area contributed by atoms with Crippen LogP contribution in [0.1, 0.15) is 37.0 Å². The number of carbonyl (C=O) groups excluding carboxylic acids is 3. The second-order valence-electron chi connectivity index (χ2n) is 5.12. The summed E-state index contributed by atoms with van der Waals surface area (Å²) < 4.78 is 5.48. The van der Waals surface area contributed by atoms with Gasteiger partial charge in [0.2, 0.25) is 0 Å². The third kappa shape index (κ3) is 3.49. The molecule has 0 fully saturated rings. The highest BCUT2D eigenvalue weighted by molar-refractivity contribution is 6.28. The molecule has 1 aromatic carbocycles. The molecule has 1 atom stereocenters. The Bertz CT molecular complexity index is 586. The van der Waals surface area contributed by atoms with Crippen molar-refractivity contribution in [3.05, 3.63) is 42.0 Å². The Balaban J connectivity index is 2.04. The van der Waals surface area contributed by atoms with Crippen molar-refractivity contribution in [2.24, 2.45) is 0 Å². The molecule has 1 aliphatic rings. The van der Waals surface area contributed by atoms with Gasteiger partial charge in [0.25, 0.3) is 11.8 Å². The number of rotatable bonds is 7. The molecule has 0 saturated heterocycles. The van der Waals surface area contributed by atoms with Crippen molar-refractivity contribution >= 4 is 23.3 Å². The summed E-state index contributed by atoms with van der Waals surface area (Å²) in [5.74, 6) is -0.861. The summed E-state index contributed by atoms with van der Waals surface area (Å²) in [6.45, 7) is 4.34. The minimum atomic E-state index is -0.505. The molecule has 22 heavy (non-hydrogen) atoms. The Morgan fingerprint density at radius 1 is 1.14 bits per heavy atom. The number of ether oxygens (including phenoxy) is 1. The quantitative estimate of drug-likeness (QED) is 0.441. The molecule has 2 amide bonds. The predicted molar refractivity (Wildman–Crippen MR) is 82.7 cm³/mol. The van der Waals surface area contributed by atoms with Crippen LogP contribution in [0, 0.1) is 0 Å². The summed E-state index contributed by atoms with van der Waals surface area (Å²) in [4.78, 5) is 36.5. The second kappa shape index (κ2) is 7.13. The van der Waals surface area contributed by atoms with Crippen LogP contribution in [-0.2, 0) is 14.3 Å². The van der Waals surface area contributed by atoms with Crippen LogP contribution in [0.2, 0.25) is 0 Å². The third-order valence-electron chi connectivity index (χ3n) is 3.45. The Kier molecular flexibility index (Phi) is 5.22. The number of nitrogens with zero attached hydrogens (tertiary/aromatic N) is 1. The first-order chi connectivity index (χ1) is 10.5. The smallest absolute Gasteiger partial charge is 0.258 e. The molecule has 5 nitrogen and oxygen atoms in total. The molecular weight excluding hydrogens is 282 g/mol. The molecule has 2 rings (SSSR count). The highest BCUT2D eigenvalue weighted by Crippen LogP contribution is 2.20. The Morgan fingerprint density at radius 2 is 1.73 bits per heavy atom. The van der Waals surface area contributed by atoms with E-state index in [0.29, 0.717) is 17.9 Å². The van der Waals surface area contributed by atoms with E-state index in [1.807, 2.05) is 0 Å². The number of Topliss-reactive ketones (excluding diaryl/α,β-unsaturated/α-hetero) is 1. The van der Waals surface area contributed by atoms with Gasteiger partial charge in [-0.2, -0.15) is 0 Å². The van der Waals surface area contributed by atoms with Crippen LogP contribution in [0.3, 0.4) is 0 Å². The summed E-state index contributed by atoms with van der Waals surface area (Å²) in [5, 5.41) is 0. The molecule has 1 unspecified atom stereocenters. The third-order valence-corrected chi connectivity index (χ3v) is 3.45. The molecule has 0 aliphatic carbocycles. The fraction of sp³-hybridized carbons (Fsp3) is 0.353. The number of unbranched alkanes of at least 4 members (excludes halogenated alkanes) is 1.